The van der Waals surface area contributed by atoms with E-state index in [1.807, 2.05) is 0 Å². The fraction of sp³-hybridized carbons (Fsp3) is 1.00. The molecule has 0 spiro atoms. The van der Waals surface area contributed by atoms with Crippen LogP contribution in [0.3, 0.4) is 0 Å². The zero-order valence-electron chi connectivity index (χ0n) is 6.86. The summed E-state index contributed by atoms with van der Waals surface area (Å²) < 4.78 is 0. The minimum absolute atomic E-state index is 0.315. The Kier molecular flexibility index (Phi) is 1.55. The molecule has 0 heterocycles. The molecule has 1 fully saturated rings. The molecule has 0 radical (unpaired) electrons. The summed E-state index contributed by atoms with van der Waals surface area (Å²) in [5, 5.41) is 3.54. The molecule has 1 saturated carbocycles. The van der Waals surface area contributed by atoms with Gasteiger partial charge in [-0.3, -0.25) is 0 Å². The Labute approximate surface area is 57.8 Å². The number of rotatable bonds is 1. The largest absolute Gasteiger partial charge is 0.309 e. The highest BCUT2D eigenvalue weighted by Gasteiger charge is 2.34. The second kappa shape index (κ2) is 1.98. The Morgan fingerprint density at radius 1 is 1.33 bits per heavy atom. The van der Waals surface area contributed by atoms with Crippen LogP contribution in [-0.2, 0) is 0 Å². The second-order valence-electron chi connectivity index (χ2n) is 4.21. The molecule has 1 unspecified atom stereocenters. The molecule has 1 rings (SSSR count). The lowest BCUT2D eigenvalue weighted by Gasteiger charge is -2.20. The van der Waals surface area contributed by atoms with Crippen LogP contribution in [0.15, 0.2) is 0 Å². The van der Waals surface area contributed by atoms with Gasteiger partial charge in [-0.2, -0.15) is 0 Å². The molecule has 0 aliphatic heterocycles. The molecule has 9 heavy (non-hydrogen) atoms. The molecule has 0 saturated heterocycles. The summed E-state index contributed by atoms with van der Waals surface area (Å²) in [7, 11) is 0. The van der Waals surface area contributed by atoms with Crippen molar-refractivity contribution in [1.82, 2.24) is 5.32 Å². The van der Waals surface area contributed by atoms with Gasteiger partial charge in [0.15, 0.2) is 0 Å². The van der Waals surface area contributed by atoms with Crippen molar-refractivity contribution in [2.45, 2.75) is 45.7 Å². The fourth-order valence-corrected chi connectivity index (χ4v) is 1.08. The van der Waals surface area contributed by atoms with E-state index in [1.54, 1.807) is 0 Å². The van der Waals surface area contributed by atoms with Crippen LogP contribution < -0.4 is 5.32 Å². The second-order valence-corrected chi connectivity index (χ2v) is 4.21. The maximum atomic E-state index is 3.54. The summed E-state index contributed by atoms with van der Waals surface area (Å²) in [5.74, 6) is 0.921. The van der Waals surface area contributed by atoms with E-state index in [2.05, 4.69) is 33.0 Å². The van der Waals surface area contributed by atoms with E-state index < -0.39 is 0 Å². The first-order chi connectivity index (χ1) is 3.99. The Morgan fingerprint density at radius 3 is 1.89 bits per heavy atom. The monoisotopic (exact) mass is 127 g/mol. The van der Waals surface area contributed by atoms with Crippen molar-refractivity contribution in [2.75, 3.05) is 0 Å². The number of nitrogens with one attached hydrogen (secondary N) is 1. The third-order valence-electron chi connectivity index (χ3n) is 1.73. The minimum atomic E-state index is 0.315. The molecule has 1 N–H and O–H groups in total. The highest BCUT2D eigenvalue weighted by Crippen LogP contribution is 2.30. The third kappa shape index (κ3) is 2.35. The van der Waals surface area contributed by atoms with E-state index >= 15 is 0 Å². The Balaban J connectivity index is 2.19. The lowest BCUT2D eigenvalue weighted by Crippen LogP contribution is -2.38. The SMILES string of the molecule is C[C@H]1CC1NC(C)(C)C. The summed E-state index contributed by atoms with van der Waals surface area (Å²) >= 11 is 0. The highest BCUT2D eigenvalue weighted by molar-refractivity contribution is 4.93. The standard InChI is InChI=1S/C8H17N/c1-6-5-7(6)9-8(2,3)4/h6-7,9H,5H2,1-4H3/t6-,7?/m0/s1. The van der Waals surface area contributed by atoms with E-state index in [-0.39, 0.29) is 0 Å². The van der Waals surface area contributed by atoms with E-state index in [9.17, 15) is 0 Å². The molecular weight excluding hydrogens is 110 g/mol. The van der Waals surface area contributed by atoms with Gasteiger partial charge in [-0.25, -0.2) is 0 Å². The Bertz CT molecular complexity index is 102. The smallest absolute Gasteiger partial charge is 0.0101 e. The minimum Gasteiger partial charge on any atom is -0.309 e. The molecule has 0 aromatic carbocycles. The summed E-state index contributed by atoms with van der Waals surface area (Å²) in [6.45, 7) is 8.96. The number of hydrogen-bond donors (Lipinski definition) is 1. The van der Waals surface area contributed by atoms with Gasteiger partial charge in [-0.15, -0.1) is 0 Å². The van der Waals surface area contributed by atoms with Gasteiger partial charge in [-0.1, -0.05) is 6.92 Å². The van der Waals surface area contributed by atoms with E-state index in [4.69, 9.17) is 0 Å². The van der Waals surface area contributed by atoms with Crippen LogP contribution in [0.5, 0.6) is 0 Å². The zero-order chi connectivity index (χ0) is 7.07. The molecule has 54 valence electrons. The molecule has 0 bridgehead atoms. The molecule has 1 nitrogen and oxygen atoms in total. The molecule has 1 aliphatic rings. The summed E-state index contributed by atoms with van der Waals surface area (Å²) in [6.07, 6.45) is 1.37. The van der Waals surface area contributed by atoms with Gasteiger partial charge < -0.3 is 5.32 Å². The predicted molar refractivity (Wildman–Crippen MR) is 40.5 cm³/mol. The van der Waals surface area contributed by atoms with Crippen molar-refractivity contribution in [2.24, 2.45) is 5.92 Å². The summed E-state index contributed by atoms with van der Waals surface area (Å²) in [5.41, 5.74) is 0.315. The van der Waals surface area contributed by atoms with E-state index in [0.29, 0.717) is 5.54 Å². The van der Waals surface area contributed by atoms with Gasteiger partial charge in [0, 0.05) is 11.6 Å². The van der Waals surface area contributed by atoms with Crippen LogP contribution in [0, 0.1) is 5.92 Å². The first kappa shape index (κ1) is 7.07. The maximum Gasteiger partial charge on any atom is 0.0101 e. The average molecular weight is 127 g/mol. The Morgan fingerprint density at radius 2 is 1.78 bits per heavy atom. The molecule has 0 aromatic heterocycles. The molecule has 1 heteroatoms. The molecule has 2 atom stereocenters. The summed E-state index contributed by atoms with van der Waals surface area (Å²) in [4.78, 5) is 0. The van der Waals surface area contributed by atoms with Gasteiger partial charge >= 0.3 is 0 Å². The first-order valence-corrected chi connectivity index (χ1v) is 3.77. The lowest BCUT2D eigenvalue weighted by molar-refractivity contribution is 0.413. The molecule has 0 aromatic rings. The van der Waals surface area contributed by atoms with Gasteiger partial charge in [0.1, 0.15) is 0 Å². The lowest BCUT2D eigenvalue weighted by atomic mass is 10.1. The van der Waals surface area contributed by atoms with Crippen molar-refractivity contribution in [3.63, 3.8) is 0 Å². The summed E-state index contributed by atoms with van der Waals surface area (Å²) in [6, 6.07) is 0.810. The first-order valence-electron chi connectivity index (χ1n) is 3.77. The van der Waals surface area contributed by atoms with Gasteiger partial charge in [0.2, 0.25) is 0 Å². The normalized spacial score (nSPS) is 34.7. The highest BCUT2D eigenvalue weighted by atomic mass is 15.0. The van der Waals surface area contributed by atoms with Crippen molar-refractivity contribution >= 4 is 0 Å². The Hall–Kier alpha value is -0.0400. The van der Waals surface area contributed by atoms with Gasteiger partial charge in [-0.05, 0) is 33.1 Å². The van der Waals surface area contributed by atoms with Crippen LogP contribution in [0.2, 0.25) is 0 Å². The van der Waals surface area contributed by atoms with Crippen LogP contribution in [0.25, 0.3) is 0 Å². The van der Waals surface area contributed by atoms with Gasteiger partial charge in [0.25, 0.3) is 0 Å². The fourth-order valence-electron chi connectivity index (χ4n) is 1.08. The predicted octanol–water partition coefficient (Wildman–Crippen LogP) is 1.78. The van der Waals surface area contributed by atoms with Crippen LogP contribution in [-0.4, -0.2) is 11.6 Å². The maximum absolute atomic E-state index is 3.54. The molecule has 0 amide bonds. The number of hydrogen-bond acceptors (Lipinski definition) is 1. The topological polar surface area (TPSA) is 12.0 Å². The van der Waals surface area contributed by atoms with Crippen LogP contribution in [0.1, 0.15) is 34.1 Å². The van der Waals surface area contributed by atoms with Crippen molar-refractivity contribution in [3.05, 3.63) is 0 Å². The average Bonchev–Trinajstić information content (AvgIpc) is 2.13. The quantitative estimate of drug-likeness (QED) is 0.566. The van der Waals surface area contributed by atoms with E-state index in [0.717, 1.165) is 12.0 Å². The molecule has 1 aliphatic carbocycles. The van der Waals surface area contributed by atoms with Crippen LogP contribution in [0.4, 0.5) is 0 Å². The van der Waals surface area contributed by atoms with Crippen molar-refractivity contribution in [3.8, 4) is 0 Å². The molecular formula is C8H17N. The van der Waals surface area contributed by atoms with Gasteiger partial charge in [0.05, 0.1) is 0 Å². The van der Waals surface area contributed by atoms with Crippen molar-refractivity contribution in [1.29, 1.82) is 0 Å². The van der Waals surface area contributed by atoms with E-state index in [1.165, 1.54) is 6.42 Å². The third-order valence-corrected chi connectivity index (χ3v) is 1.73. The zero-order valence-corrected chi connectivity index (χ0v) is 6.86. The van der Waals surface area contributed by atoms with Crippen LogP contribution >= 0.6 is 0 Å². The van der Waals surface area contributed by atoms with Crippen molar-refractivity contribution < 1.29 is 0 Å².